The van der Waals surface area contributed by atoms with E-state index in [-0.39, 0.29) is 17.6 Å². The highest BCUT2D eigenvalue weighted by Gasteiger charge is 2.18. The fourth-order valence-electron chi connectivity index (χ4n) is 2.30. The summed E-state index contributed by atoms with van der Waals surface area (Å²) < 4.78 is 0. The van der Waals surface area contributed by atoms with Crippen LogP contribution in [-0.4, -0.2) is 41.4 Å². The molecule has 1 saturated heterocycles. The van der Waals surface area contributed by atoms with Crippen molar-refractivity contribution in [2.24, 2.45) is 5.73 Å². The van der Waals surface area contributed by atoms with Gasteiger partial charge in [-0.3, -0.25) is 19.8 Å². The van der Waals surface area contributed by atoms with Crippen molar-refractivity contribution in [1.82, 2.24) is 4.90 Å². The van der Waals surface area contributed by atoms with Gasteiger partial charge in [-0.15, -0.1) is 0 Å². The molecule has 2 rings (SSSR count). The molecule has 0 aliphatic carbocycles. The van der Waals surface area contributed by atoms with Crippen LogP contribution < -0.4 is 11.1 Å². The molecule has 1 aliphatic heterocycles. The number of nitro benzene ring substituents is 1. The van der Waals surface area contributed by atoms with Crippen molar-refractivity contribution in [3.63, 3.8) is 0 Å². The number of likely N-dealkylation sites (tertiary alicyclic amines) is 1. The fourth-order valence-corrected chi connectivity index (χ4v) is 2.30. The van der Waals surface area contributed by atoms with Gasteiger partial charge in [0.05, 0.1) is 11.5 Å². The maximum atomic E-state index is 11.9. The minimum atomic E-state index is -0.472. The summed E-state index contributed by atoms with van der Waals surface area (Å²) in [5.74, 6) is -0.132. The van der Waals surface area contributed by atoms with Gasteiger partial charge in [-0.2, -0.15) is 0 Å². The Bertz CT molecular complexity index is 489. The molecule has 1 atom stereocenters. The SMILES string of the molecule is NC1CCCN(CC(=O)Nc2ccc([N+](=O)[O-])cc2)C1. The normalized spacial score (nSPS) is 19.6. The van der Waals surface area contributed by atoms with E-state index in [4.69, 9.17) is 5.73 Å². The van der Waals surface area contributed by atoms with E-state index in [1.54, 1.807) is 0 Å². The van der Waals surface area contributed by atoms with Crippen molar-refractivity contribution >= 4 is 17.3 Å². The summed E-state index contributed by atoms with van der Waals surface area (Å²) in [6.45, 7) is 1.90. The molecule has 7 nitrogen and oxygen atoms in total. The Morgan fingerprint density at radius 3 is 2.75 bits per heavy atom. The first-order valence-corrected chi connectivity index (χ1v) is 6.57. The average molecular weight is 278 g/mol. The van der Waals surface area contributed by atoms with Crippen LogP contribution in [0, 0.1) is 10.1 Å². The average Bonchev–Trinajstić information content (AvgIpc) is 2.39. The molecule has 7 heteroatoms. The molecule has 1 aromatic carbocycles. The summed E-state index contributed by atoms with van der Waals surface area (Å²) in [5.41, 5.74) is 6.42. The number of nitrogens with two attached hydrogens (primary N) is 1. The third kappa shape index (κ3) is 4.01. The first-order valence-electron chi connectivity index (χ1n) is 6.57. The number of anilines is 1. The Kier molecular flexibility index (Phi) is 4.65. The second-order valence-corrected chi connectivity index (χ2v) is 4.99. The Balaban J connectivity index is 1.86. The first kappa shape index (κ1) is 14.4. The molecule has 1 unspecified atom stereocenters. The standard InChI is InChI=1S/C13H18N4O3/c14-10-2-1-7-16(8-10)9-13(18)15-11-3-5-12(6-4-11)17(19)20/h3-6,10H,1-2,7-9,14H2,(H,15,18). The molecule has 108 valence electrons. The Labute approximate surface area is 116 Å². The van der Waals surface area contributed by atoms with Gasteiger partial charge in [-0.05, 0) is 31.5 Å². The van der Waals surface area contributed by atoms with Gasteiger partial charge in [0.1, 0.15) is 0 Å². The lowest BCUT2D eigenvalue weighted by atomic mass is 10.1. The van der Waals surface area contributed by atoms with E-state index in [0.29, 0.717) is 12.2 Å². The highest BCUT2D eigenvalue weighted by molar-refractivity contribution is 5.92. The molecule has 3 N–H and O–H groups in total. The van der Waals surface area contributed by atoms with E-state index in [1.165, 1.54) is 24.3 Å². The minimum Gasteiger partial charge on any atom is -0.327 e. The van der Waals surface area contributed by atoms with Crippen LogP contribution in [0.4, 0.5) is 11.4 Å². The lowest BCUT2D eigenvalue weighted by molar-refractivity contribution is -0.384. The largest absolute Gasteiger partial charge is 0.327 e. The monoisotopic (exact) mass is 278 g/mol. The molecule has 0 radical (unpaired) electrons. The molecular formula is C13H18N4O3. The van der Waals surface area contributed by atoms with Crippen molar-refractivity contribution in [1.29, 1.82) is 0 Å². The summed E-state index contributed by atoms with van der Waals surface area (Å²) in [6.07, 6.45) is 2.01. The van der Waals surface area contributed by atoms with Crippen LogP contribution >= 0.6 is 0 Å². The number of piperidine rings is 1. The summed E-state index contributed by atoms with van der Waals surface area (Å²) in [5, 5.41) is 13.3. The Morgan fingerprint density at radius 2 is 2.15 bits per heavy atom. The fraction of sp³-hybridized carbons (Fsp3) is 0.462. The molecular weight excluding hydrogens is 260 g/mol. The summed E-state index contributed by atoms with van der Waals surface area (Å²) >= 11 is 0. The van der Waals surface area contributed by atoms with Gasteiger partial charge < -0.3 is 11.1 Å². The number of carbonyl (C=O) groups excluding carboxylic acids is 1. The highest BCUT2D eigenvalue weighted by atomic mass is 16.6. The topological polar surface area (TPSA) is 102 Å². The van der Waals surface area contributed by atoms with Gasteiger partial charge in [0, 0.05) is 30.4 Å². The molecule has 0 aromatic heterocycles. The van der Waals surface area contributed by atoms with Crippen molar-refractivity contribution in [2.45, 2.75) is 18.9 Å². The molecule has 1 heterocycles. The minimum absolute atomic E-state index is 0.00463. The van der Waals surface area contributed by atoms with Crippen molar-refractivity contribution in [3.05, 3.63) is 34.4 Å². The number of hydrogen-bond acceptors (Lipinski definition) is 5. The quantitative estimate of drug-likeness (QED) is 0.631. The third-order valence-corrected chi connectivity index (χ3v) is 3.27. The summed E-state index contributed by atoms with van der Waals surface area (Å²) in [7, 11) is 0. The van der Waals surface area contributed by atoms with Gasteiger partial charge in [-0.25, -0.2) is 0 Å². The zero-order valence-corrected chi connectivity index (χ0v) is 11.1. The van der Waals surface area contributed by atoms with Crippen LogP contribution in [0.25, 0.3) is 0 Å². The third-order valence-electron chi connectivity index (χ3n) is 3.27. The van der Waals surface area contributed by atoms with Crippen LogP contribution in [0.5, 0.6) is 0 Å². The predicted molar refractivity (Wildman–Crippen MR) is 75.4 cm³/mol. The van der Waals surface area contributed by atoms with Gasteiger partial charge in [0.2, 0.25) is 5.91 Å². The van der Waals surface area contributed by atoms with E-state index in [0.717, 1.165) is 25.9 Å². The van der Waals surface area contributed by atoms with Crippen LogP contribution in [0.3, 0.4) is 0 Å². The van der Waals surface area contributed by atoms with E-state index >= 15 is 0 Å². The van der Waals surface area contributed by atoms with E-state index < -0.39 is 4.92 Å². The predicted octanol–water partition coefficient (Wildman–Crippen LogP) is 0.956. The molecule has 1 aliphatic rings. The highest BCUT2D eigenvalue weighted by Crippen LogP contribution is 2.15. The van der Waals surface area contributed by atoms with Gasteiger partial charge in [0.25, 0.3) is 5.69 Å². The molecule has 0 spiro atoms. The molecule has 1 aromatic rings. The van der Waals surface area contributed by atoms with Crippen molar-refractivity contribution < 1.29 is 9.72 Å². The number of carbonyl (C=O) groups is 1. The number of nitrogens with zero attached hydrogens (tertiary/aromatic N) is 2. The van der Waals surface area contributed by atoms with Crippen molar-refractivity contribution in [2.75, 3.05) is 25.0 Å². The summed E-state index contributed by atoms with van der Waals surface area (Å²) in [6, 6.07) is 5.92. The van der Waals surface area contributed by atoms with E-state index in [2.05, 4.69) is 5.32 Å². The van der Waals surface area contributed by atoms with E-state index in [9.17, 15) is 14.9 Å². The number of rotatable bonds is 4. The second-order valence-electron chi connectivity index (χ2n) is 4.99. The summed E-state index contributed by atoms with van der Waals surface area (Å²) in [4.78, 5) is 24.0. The number of benzene rings is 1. The maximum absolute atomic E-state index is 11.9. The Hall–Kier alpha value is -1.99. The first-order chi connectivity index (χ1) is 9.54. The number of hydrogen-bond donors (Lipinski definition) is 2. The van der Waals surface area contributed by atoms with Crippen LogP contribution in [0.1, 0.15) is 12.8 Å². The molecule has 20 heavy (non-hydrogen) atoms. The van der Waals surface area contributed by atoms with Crippen molar-refractivity contribution in [3.8, 4) is 0 Å². The van der Waals surface area contributed by atoms with Crippen LogP contribution in [0.2, 0.25) is 0 Å². The lowest BCUT2D eigenvalue weighted by Gasteiger charge is -2.29. The second kappa shape index (κ2) is 6.44. The number of non-ortho nitro benzene ring substituents is 1. The Morgan fingerprint density at radius 1 is 1.45 bits per heavy atom. The van der Waals surface area contributed by atoms with Gasteiger partial charge >= 0.3 is 0 Å². The zero-order valence-electron chi connectivity index (χ0n) is 11.1. The smallest absolute Gasteiger partial charge is 0.269 e. The van der Waals surface area contributed by atoms with Crippen LogP contribution in [-0.2, 0) is 4.79 Å². The van der Waals surface area contributed by atoms with Gasteiger partial charge in [0.15, 0.2) is 0 Å². The number of amides is 1. The molecule has 0 saturated carbocycles. The zero-order chi connectivity index (χ0) is 14.5. The van der Waals surface area contributed by atoms with E-state index in [1.807, 2.05) is 4.90 Å². The molecule has 1 fully saturated rings. The van der Waals surface area contributed by atoms with Crippen LogP contribution in [0.15, 0.2) is 24.3 Å². The molecule has 0 bridgehead atoms. The lowest BCUT2D eigenvalue weighted by Crippen LogP contribution is -2.45. The molecule has 1 amide bonds. The van der Waals surface area contributed by atoms with Gasteiger partial charge in [-0.1, -0.05) is 0 Å². The maximum Gasteiger partial charge on any atom is 0.269 e. The number of nitro groups is 1. The number of nitrogens with one attached hydrogen (secondary N) is 1.